The molecule has 1 aromatic carbocycles. The molecule has 0 saturated carbocycles. The number of esters is 1. The van der Waals surface area contributed by atoms with Gasteiger partial charge in [-0.3, -0.25) is 9.78 Å². The molecule has 0 aliphatic rings. The minimum Gasteiger partial charge on any atom is -0.460 e. The van der Waals surface area contributed by atoms with Crippen molar-refractivity contribution in [3.8, 4) is 11.1 Å². The van der Waals surface area contributed by atoms with E-state index in [2.05, 4.69) is 4.98 Å². The lowest BCUT2D eigenvalue weighted by atomic mass is 9.97. The number of rotatable bonds is 3. The summed E-state index contributed by atoms with van der Waals surface area (Å²) in [7, 11) is 0. The molecule has 122 valence electrons. The summed E-state index contributed by atoms with van der Waals surface area (Å²) in [5, 5.41) is 0. The minimum absolute atomic E-state index is 0.0698. The van der Waals surface area contributed by atoms with Crippen LogP contribution in [0.3, 0.4) is 0 Å². The van der Waals surface area contributed by atoms with Crippen LogP contribution in [0.2, 0.25) is 0 Å². The van der Waals surface area contributed by atoms with Gasteiger partial charge in [0.05, 0.1) is 6.42 Å². The van der Waals surface area contributed by atoms with E-state index in [0.717, 1.165) is 22.4 Å². The Bertz CT molecular complexity index is 733. The first kappa shape index (κ1) is 17.1. The maximum atomic E-state index is 14.4. The summed E-state index contributed by atoms with van der Waals surface area (Å²) in [5.74, 6) is -0.825. The fourth-order valence-electron chi connectivity index (χ4n) is 2.43. The van der Waals surface area contributed by atoms with Gasteiger partial charge in [0.1, 0.15) is 11.4 Å². The molecule has 0 fully saturated rings. The Morgan fingerprint density at radius 3 is 2.52 bits per heavy atom. The van der Waals surface area contributed by atoms with Gasteiger partial charge in [-0.05, 0) is 75.1 Å². The minimum atomic E-state index is -0.572. The van der Waals surface area contributed by atoms with E-state index < -0.39 is 17.4 Å². The summed E-state index contributed by atoms with van der Waals surface area (Å²) < 4.78 is 19.6. The van der Waals surface area contributed by atoms with Crippen LogP contribution in [0.1, 0.15) is 37.6 Å². The molecule has 0 N–H and O–H groups in total. The van der Waals surface area contributed by atoms with Gasteiger partial charge in [-0.2, -0.15) is 0 Å². The van der Waals surface area contributed by atoms with Crippen LogP contribution in [0.25, 0.3) is 11.1 Å². The molecule has 0 atom stereocenters. The van der Waals surface area contributed by atoms with Gasteiger partial charge < -0.3 is 4.74 Å². The molecule has 0 bridgehead atoms. The van der Waals surface area contributed by atoms with Gasteiger partial charge in [0.25, 0.3) is 0 Å². The van der Waals surface area contributed by atoms with Crippen molar-refractivity contribution in [2.24, 2.45) is 0 Å². The Hall–Kier alpha value is -2.23. The first-order valence-corrected chi connectivity index (χ1v) is 7.59. The molecule has 0 aliphatic heterocycles. The van der Waals surface area contributed by atoms with Crippen molar-refractivity contribution >= 4 is 5.97 Å². The Labute approximate surface area is 136 Å². The predicted molar refractivity (Wildman–Crippen MR) is 88.7 cm³/mol. The van der Waals surface area contributed by atoms with Gasteiger partial charge in [-0.15, -0.1) is 0 Å². The van der Waals surface area contributed by atoms with Crippen molar-refractivity contribution in [1.82, 2.24) is 4.98 Å². The maximum absolute atomic E-state index is 14.4. The molecule has 0 radical (unpaired) electrons. The lowest BCUT2D eigenvalue weighted by Crippen LogP contribution is -2.25. The third-order valence-electron chi connectivity index (χ3n) is 3.36. The van der Waals surface area contributed by atoms with E-state index in [-0.39, 0.29) is 6.42 Å². The fraction of sp³-hybridized carbons (Fsp3) is 0.368. The van der Waals surface area contributed by atoms with Gasteiger partial charge in [0.15, 0.2) is 0 Å². The normalized spacial score (nSPS) is 11.4. The molecule has 0 spiro atoms. The first-order valence-electron chi connectivity index (χ1n) is 7.59. The summed E-state index contributed by atoms with van der Waals surface area (Å²) in [5.41, 5.74) is 3.29. The molecule has 23 heavy (non-hydrogen) atoms. The molecule has 4 heteroatoms. The number of carbonyl (C=O) groups excluding carboxylic acids is 1. The highest BCUT2D eigenvalue weighted by Gasteiger charge is 2.19. The third kappa shape index (κ3) is 4.62. The van der Waals surface area contributed by atoms with Gasteiger partial charge in [-0.25, -0.2) is 4.39 Å². The van der Waals surface area contributed by atoms with E-state index in [0.29, 0.717) is 5.56 Å². The highest BCUT2D eigenvalue weighted by Crippen LogP contribution is 2.27. The zero-order valence-electron chi connectivity index (χ0n) is 14.2. The van der Waals surface area contributed by atoms with E-state index >= 15 is 0 Å². The number of aryl methyl sites for hydroxylation is 2. The van der Waals surface area contributed by atoms with Gasteiger partial charge in [0, 0.05) is 11.9 Å². The Balaban J connectivity index is 2.29. The van der Waals surface area contributed by atoms with Crippen molar-refractivity contribution in [2.75, 3.05) is 0 Å². The van der Waals surface area contributed by atoms with Crippen molar-refractivity contribution in [1.29, 1.82) is 0 Å². The number of carbonyl (C=O) groups is 1. The quantitative estimate of drug-likeness (QED) is 0.789. The van der Waals surface area contributed by atoms with E-state index in [1.165, 1.54) is 6.07 Å². The van der Waals surface area contributed by atoms with Crippen LogP contribution in [0.15, 0.2) is 30.5 Å². The van der Waals surface area contributed by atoms with Gasteiger partial charge >= 0.3 is 5.97 Å². The van der Waals surface area contributed by atoms with Crippen molar-refractivity contribution < 1.29 is 13.9 Å². The number of hydrogen-bond donors (Lipinski definition) is 0. The van der Waals surface area contributed by atoms with Crippen LogP contribution in [-0.2, 0) is 16.0 Å². The molecule has 3 nitrogen and oxygen atoms in total. The molecule has 2 rings (SSSR count). The van der Waals surface area contributed by atoms with Crippen LogP contribution in [-0.4, -0.2) is 16.6 Å². The Morgan fingerprint density at radius 1 is 1.22 bits per heavy atom. The van der Waals surface area contributed by atoms with Crippen LogP contribution >= 0.6 is 0 Å². The molecule has 0 unspecified atom stereocenters. The second-order valence-electron chi connectivity index (χ2n) is 6.71. The molecular formula is C19H22FNO2. The fourth-order valence-corrected chi connectivity index (χ4v) is 2.43. The standard InChI is InChI=1S/C19H22FNO2/c1-12-8-15(10-18(22)23-19(3,4)5)17(20)11-16(12)14-6-7-21-13(2)9-14/h6-9,11H,10H2,1-5H3. The summed E-state index contributed by atoms with van der Waals surface area (Å²) in [4.78, 5) is 16.0. The first-order chi connectivity index (χ1) is 10.7. The van der Waals surface area contributed by atoms with Gasteiger partial charge in [-0.1, -0.05) is 6.07 Å². The SMILES string of the molecule is Cc1cc(-c2cc(F)c(CC(=O)OC(C)(C)C)cc2C)ccn1. The number of pyridine rings is 1. The molecule has 0 aliphatic carbocycles. The van der Waals surface area contributed by atoms with Crippen LogP contribution < -0.4 is 0 Å². The monoisotopic (exact) mass is 315 g/mol. The Kier molecular flexibility index (Phi) is 4.83. The summed E-state index contributed by atoms with van der Waals surface area (Å²) >= 11 is 0. The molecule has 0 amide bonds. The summed E-state index contributed by atoms with van der Waals surface area (Å²) in [6.07, 6.45) is 1.64. The highest BCUT2D eigenvalue weighted by atomic mass is 19.1. The van der Waals surface area contributed by atoms with Crippen LogP contribution in [0.5, 0.6) is 0 Å². The lowest BCUT2D eigenvalue weighted by Gasteiger charge is -2.19. The largest absolute Gasteiger partial charge is 0.460 e. The zero-order valence-corrected chi connectivity index (χ0v) is 14.2. The molecule has 2 aromatic rings. The number of aromatic nitrogens is 1. The van der Waals surface area contributed by atoms with Crippen LogP contribution in [0.4, 0.5) is 4.39 Å². The second-order valence-corrected chi connectivity index (χ2v) is 6.71. The van der Waals surface area contributed by atoms with E-state index in [4.69, 9.17) is 4.74 Å². The van der Waals surface area contributed by atoms with Gasteiger partial charge in [0.2, 0.25) is 0 Å². The number of benzene rings is 1. The number of hydrogen-bond acceptors (Lipinski definition) is 3. The maximum Gasteiger partial charge on any atom is 0.310 e. The summed E-state index contributed by atoms with van der Waals surface area (Å²) in [6, 6.07) is 6.95. The van der Waals surface area contributed by atoms with Crippen molar-refractivity contribution in [2.45, 2.75) is 46.6 Å². The van der Waals surface area contributed by atoms with E-state index in [1.807, 2.05) is 26.0 Å². The lowest BCUT2D eigenvalue weighted by molar-refractivity contribution is -0.153. The van der Waals surface area contributed by atoms with Crippen LogP contribution in [0, 0.1) is 19.7 Å². The van der Waals surface area contributed by atoms with Crippen molar-refractivity contribution in [3.63, 3.8) is 0 Å². The van der Waals surface area contributed by atoms with E-state index in [1.54, 1.807) is 33.0 Å². The van der Waals surface area contributed by atoms with E-state index in [9.17, 15) is 9.18 Å². The Morgan fingerprint density at radius 2 is 1.91 bits per heavy atom. The third-order valence-corrected chi connectivity index (χ3v) is 3.36. The van der Waals surface area contributed by atoms with Crippen molar-refractivity contribution in [3.05, 3.63) is 53.1 Å². The molecule has 1 heterocycles. The zero-order chi connectivity index (χ0) is 17.2. The molecular weight excluding hydrogens is 293 g/mol. The number of nitrogens with zero attached hydrogens (tertiary/aromatic N) is 1. The summed E-state index contributed by atoms with van der Waals surface area (Å²) in [6.45, 7) is 9.18. The average molecular weight is 315 g/mol. The topological polar surface area (TPSA) is 39.2 Å². The second kappa shape index (κ2) is 6.49. The predicted octanol–water partition coefficient (Wildman–Crippen LogP) is 4.39. The smallest absolute Gasteiger partial charge is 0.310 e. The molecule has 1 aromatic heterocycles. The highest BCUT2D eigenvalue weighted by molar-refractivity contribution is 5.74. The average Bonchev–Trinajstić information content (AvgIpc) is 2.40. The number of ether oxygens (including phenoxy) is 1. The molecule has 0 saturated heterocycles. The number of halogens is 1.